The molecule has 0 unspecified atom stereocenters. The second-order valence-electron chi connectivity index (χ2n) is 3.91. The van der Waals surface area contributed by atoms with Crippen molar-refractivity contribution in [2.75, 3.05) is 5.73 Å². The van der Waals surface area contributed by atoms with Gasteiger partial charge in [-0.05, 0) is 24.1 Å². The number of aryl methyl sites for hydroxylation is 2. The van der Waals surface area contributed by atoms with Crippen molar-refractivity contribution >= 4 is 33.6 Å². The van der Waals surface area contributed by atoms with Crippen LogP contribution in [0.5, 0.6) is 0 Å². The predicted molar refractivity (Wildman–Crippen MR) is 71.9 cm³/mol. The van der Waals surface area contributed by atoms with Gasteiger partial charge in [0.1, 0.15) is 11.3 Å². The molecule has 7 heteroatoms. The maximum absolute atomic E-state index is 5.88. The van der Waals surface area contributed by atoms with Crippen molar-refractivity contribution in [2.45, 2.75) is 12.8 Å². The fraction of sp³-hybridized carbons (Fsp3) is 0.182. The zero-order chi connectivity index (χ0) is 12.5. The van der Waals surface area contributed by atoms with Crippen molar-refractivity contribution in [3.63, 3.8) is 0 Å². The normalized spacial score (nSPS) is 11.2. The Hall–Kier alpha value is -1.66. The number of anilines is 1. The van der Waals surface area contributed by atoms with Gasteiger partial charge in [0.2, 0.25) is 4.96 Å². The van der Waals surface area contributed by atoms with Gasteiger partial charge in [-0.2, -0.15) is 9.61 Å². The van der Waals surface area contributed by atoms with Crippen molar-refractivity contribution in [2.24, 2.45) is 0 Å². The molecule has 2 aromatic heterocycles. The number of nitrogens with zero attached hydrogens (tertiary/aromatic N) is 4. The van der Waals surface area contributed by atoms with E-state index in [1.807, 2.05) is 18.2 Å². The minimum atomic E-state index is 0.595. The molecule has 1 aromatic carbocycles. The highest BCUT2D eigenvalue weighted by Crippen LogP contribution is 2.21. The number of halogens is 1. The first-order chi connectivity index (χ1) is 8.72. The Kier molecular flexibility index (Phi) is 2.89. The third-order valence-corrected chi connectivity index (χ3v) is 3.93. The first kappa shape index (κ1) is 11.4. The van der Waals surface area contributed by atoms with Gasteiger partial charge in [-0.25, -0.2) is 0 Å². The number of fused-ring (bicyclic) bond motifs is 1. The molecule has 2 N–H and O–H groups in total. The standard InChI is InChI=1S/C11H10ClN5S/c12-8-3-1-7(5-9(8)13)2-4-10-16-17-6-14-15-11(17)18-10/h1,3,5-6H,2,4,13H2. The Labute approximate surface area is 112 Å². The Morgan fingerprint density at radius 3 is 3.00 bits per heavy atom. The lowest BCUT2D eigenvalue weighted by Gasteiger charge is -2.02. The lowest BCUT2D eigenvalue weighted by molar-refractivity contribution is 0.860. The molecule has 0 fully saturated rings. The first-order valence-electron chi connectivity index (χ1n) is 5.42. The average molecular weight is 280 g/mol. The molecule has 0 radical (unpaired) electrons. The summed E-state index contributed by atoms with van der Waals surface area (Å²) in [6.45, 7) is 0. The van der Waals surface area contributed by atoms with E-state index in [1.165, 1.54) is 0 Å². The van der Waals surface area contributed by atoms with Crippen molar-refractivity contribution in [3.8, 4) is 0 Å². The van der Waals surface area contributed by atoms with Gasteiger partial charge in [-0.1, -0.05) is 29.0 Å². The highest BCUT2D eigenvalue weighted by molar-refractivity contribution is 7.16. The van der Waals surface area contributed by atoms with E-state index in [9.17, 15) is 0 Å². The highest BCUT2D eigenvalue weighted by Gasteiger charge is 2.06. The summed E-state index contributed by atoms with van der Waals surface area (Å²) in [5.74, 6) is 0. The van der Waals surface area contributed by atoms with Crippen LogP contribution in [0.3, 0.4) is 0 Å². The van der Waals surface area contributed by atoms with Gasteiger partial charge in [-0.15, -0.1) is 10.2 Å². The van der Waals surface area contributed by atoms with Gasteiger partial charge in [0.05, 0.1) is 10.7 Å². The molecule has 2 heterocycles. The largest absolute Gasteiger partial charge is 0.398 e. The minimum absolute atomic E-state index is 0.595. The lowest BCUT2D eigenvalue weighted by Crippen LogP contribution is -1.94. The molecule has 0 aliphatic carbocycles. The number of rotatable bonds is 3. The van der Waals surface area contributed by atoms with Crippen LogP contribution < -0.4 is 5.73 Å². The number of hydrogen-bond acceptors (Lipinski definition) is 5. The summed E-state index contributed by atoms with van der Waals surface area (Å²) in [6, 6.07) is 5.71. The van der Waals surface area contributed by atoms with E-state index in [0.717, 1.165) is 28.4 Å². The van der Waals surface area contributed by atoms with E-state index in [2.05, 4.69) is 15.3 Å². The van der Waals surface area contributed by atoms with Gasteiger partial charge < -0.3 is 5.73 Å². The highest BCUT2D eigenvalue weighted by atomic mass is 35.5. The maximum Gasteiger partial charge on any atom is 0.234 e. The molecule has 0 saturated carbocycles. The summed E-state index contributed by atoms with van der Waals surface area (Å²) in [4.78, 5) is 0.820. The van der Waals surface area contributed by atoms with Crippen LogP contribution in [-0.4, -0.2) is 19.8 Å². The summed E-state index contributed by atoms with van der Waals surface area (Å²) < 4.78 is 1.69. The summed E-state index contributed by atoms with van der Waals surface area (Å²) >= 11 is 7.43. The molecule has 0 aliphatic rings. The average Bonchev–Trinajstić information content (AvgIpc) is 2.91. The second-order valence-corrected chi connectivity index (χ2v) is 5.36. The Morgan fingerprint density at radius 1 is 1.33 bits per heavy atom. The van der Waals surface area contributed by atoms with Crippen LogP contribution in [0, 0.1) is 0 Å². The monoisotopic (exact) mass is 279 g/mol. The molecule has 5 nitrogen and oxygen atoms in total. The SMILES string of the molecule is Nc1cc(CCc2nn3cnnc3s2)ccc1Cl. The molecule has 0 atom stereocenters. The summed E-state index contributed by atoms with van der Waals surface area (Å²) in [6.07, 6.45) is 3.34. The molecule has 92 valence electrons. The molecule has 0 bridgehead atoms. The molecule has 0 saturated heterocycles. The van der Waals surface area contributed by atoms with Gasteiger partial charge in [0, 0.05) is 6.42 Å². The van der Waals surface area contributed by atoms with Crippen LogP contribution in [0.4, 0.5) is 5.69 Å². The minimum Gasteiger partial charge on any atom is -0.398 e. The lowest BCUT2D eigenvalue weighted by atomic mass is 10.1. The Bertz CT molecular complexity index is 661. The van der Waals surface area contributed by atoms with Gasteiger partial charge >= 0.3 is 0 Å². The van der Waals surface area contributed by atoms with E-state index in [4.69, 9.17) is 17.3 Å². The molecule has 3 rings (SSSR count). The number of aromatic nitrogens is 4. The third-order valence-electron chi connectivity index (χ3n) is 2.62. The van der Waals surface area contributed by atoms with Gasteiger partial charge in [0.25, 0.3) is 0 Å². The zero-order valence-corrected chi connectivity index (χ0v) is 10.9. The number of hydrogen-bond donors (Lipinski definition) is 1. The quantitative estimate of drug-likeness (QED) is 0.746. The number of benzene rings is 1. The van der Waals surface area contributed by atoms with E-state index in [0.29, 0.717) is 10.7 Å². The summed E-state index contributed by atoms with van der Waals surface area (Å²) in [7, 11) is 0. The van der Waals surface area contributed by atoms with Crippen LogP contribution in [0.25, 0.3) is 4.96 Å². The number of nitrogens with two attached hydrogens (primary N) is 1. The van der Waals surface area contributed by atoms with Crippen molar-refractivity contribution in [1.29, 1.82) is 0 Å². The zero-order valence-electron chi connectivity index (χ0n) is 9.38. The van der Waals surface area contributed by atoms with E-state index in [-0.39, 0.29) is 0 Å². The van der Waals surface area contributed by atoms with Crippen LogP contribution in [0.1, 0.15) is 10.6 Å². The van der Waals surface area contributed by atoms with E-state index < -0.39 is 0 Å². The van der Waals surface area contributed by atoms with Crippen molar-refractivity contribution in [3.05, 3.63) is 40.1 Å². The summed E-state index contributed by atoms with van der Waals surface area (Å²) in [5.41, 5.74) is 7.54. The molecule has 0 spiro atoms. The topological polar surface area (TPSA) is 69.1 Å². The molecular weight excluding hydrogens is 270 g/mol. The Morgan fingerprint density at radius 2 is 2.22 bits per heavy atom. The summed E-state index contributed by atoms with van der Waals surface area (Å²) in [5, 5.41) is 13.7. The predicted octanol–water partition coefficient (Wildman–Crippen LogP) is 2.21. The van der Waals surface area contributed by atoms with Crippen LogP contribution >= 0.6 is 22.9 Å². The first-order valence-corrected chi connectivity index (χ1v) is 6.61. The van der Waals surface area contributed by atoms with Crippen LogP contribution in [-0.2, 0) is 12.8 Å². The molecule has 0 amide bonds. The fourth-order valence-corrected chi connectivity index (χ4v) is 2.63. The van der Waals surface area contributed by atoms with E-state index >= 15 is 0 Å². The molecule has 18 heavy (non-hydrogen) atoms. The fourth-order valence-electron chi connectivity index (χ4n) is 1.70. The van der Waals surface area contributed by atoms with Crippen LogP contribution in [0.15, 0.2) is 24.5 Å². The third kappa shape index (κ3) is 2.16. The van der Waals surface area contributed by atoms with Crippen molar-refractivity contribution in [1.82, 2.24) is 19.8 Å². The number of nitrogen functional groups attached to an aromatic ring is 1. The van der Waals surface area contributed by atoms with E-state index in [1.54, 1.807) is 22.2 Å². The maximum atomic E-state index is 5.88. The Balaban J connectivity index is 1.73. The van der Waals surface area contributed by atoms with Gasteiger partial charge in [-0.3, -0.25) is 0 Å². The molecule has 3 aromatic rings. The second kappa shape index (κ2) is 4.55. The molecule has 0 aliphatic heterocycles. The van der Waals surface area contributed by atoms with Crippen molar-refractivity contribution < 1.29 is 0 Å². The molecular formula is C11H10ClN5S. The van der Waals surface area contributed by atoms with Gasteiger partial charge in [0.15, 0.2) is 0 Å². The van der Waals surface area contributed by atoms with Crippen LogP contribution in [0.2, 0.25) is 5.02 Å². The smallest absolute Gasteiger partial charge is 0.234 e.